The highest BCUT2D eigenvalue weighted by atomic mass is 16.5. The van der Waals surface area contributed by atoms with E-state index in [1.165, 1.54) is 60.1 Å². The lowest BCUT2D eigenvalue weighted by molar-refractivity contribution is 0.183. The fourth-order valence-electron chi connectivity index (χ4n) is 6.66. The summed E-state index contributed by atoms with van der Waals surface area (Å²) in [6.45, 7) is 6.72. The molecule has 0 radical (unpaired) electrons. The Morgan fingerprint density at radius 2 is 1.36 bits per heavy atom. The van der Waals surface area contributed by atoms with Gasteiger partial charge in [0.1, 0.15) is 18.2 Å². The van der Waals surface area contributed by atoms with Crippen molar-refractivity contribution in [1.82, 2.24) is 14.5 Å². The minimum atomic E-state index is 0.585. The largest absolute Gasteiger partial charge is 0.489 e. The molecule has 1 aliphatic rings. The Morgan fingerprint density at radius 3 is 2.02 bits per heavy atom. The van der Waals surface area contributed by atoms with Crippen LogP contribution in [0.4, 0.5) is 0 Å². The second-order valence-corrected chi connectivity index (χ2v) is 12.6. The van der Waals surface area contributed by atoms with Gasteiger partial charge in [0.15, 0.2) is 0 Å². The zero-order chi connectivity index (χ0) is 30.7. The number of ether oxygens (including phenoxy) is 1. The Morgan fingerprint density at radius 1 is 0.711 bits per heavy atom. The Balaban J connectivity index is 1.31. The molecule has 0 saturated heterocycles. The van der Waals surface area contributed by atoms with Crippen LogP contribution >= 0.6 is 0 Å². The number of benzene rings is 4. The topological polar surface area (TPSA) is 30.3 Å². The molecule has 0 aliphatic heterocycles. The van der Waals surface area contributed by atoms with Gasteiger partial charge < -0.3 is 9.30 Å². The van der Waals surface area contributed by atoms with E-state index >= 15 is 0 Å². The normalized spacial score (nSPS) is 13.7. The van der Waals surface area contributed by atoms with E-state index in [1.807, 2.05) is 6.07 Å². The molecule has 45 heavy (non-hydrogen) atoms. The predicted octanol–water partition coefficient (Wildman–Crippen LogP) is 10.2. The van der Waals surface area contributed by atoms with Crippen LogP contribution in [0.15, 0.2) is 115 Å². The lowest BCUT2D eigenvalue weighted by Crippen LogP contribution is -2.31. The number of hydrogen-bond donors (Lipinski definition) is 0. The van der Waals surface area contributed by atoms with E-state index in [1.54, 1.807) is 0 Å². The standard InChI is InChI=1S/C41H47N3O/c1-2-3-28-44-39(40(36-20-12-6-13-21-36)42-41(44)37-22-14-7-15-23-37)31-43(29-33-16-8-4-9-17-33)30-34-24-26-38(27-25-34)45-32-35-18-10-5-11-19-35/h5-7,10-15,18-27,33H,2-4,8-9,16-17,28-32H2,1H3. The van der Waals surface area contributed by atoms with Crippen molar-refractivity contribution in [2.45, 2.75) is 78.1 Å². The molecule has 1 fully saturated rings. The third-order valence-electron chi connectivity index (χ3n) is 9.08. The van der Waals surface area contributed by atoms with Crippen molar-refractivity contribution < 1.29 is 4.74 Å². The van der Waals surface area contributed by atoms with Gasteiger partial charge in [0, 0.05) is 37.3 Å². The minimum Gasteiger partial charge on any atom is -0.489 e. The number of nitrogens with zero attached hydrogens (tertiary/aromatic N) is 3. The monoisotopic (exact) mass is 597 g/mol. The van der Waals surface area contributed by atoms with Crippen LogP contribution in [0.3, 0.4) is 0 Å². The summed E-state index contributed by atoms with van der Waals surface area (Å²) < 4.78 is 8.63. The molecule has 6 rings (SSSR count). The van der Waals surface area contributed by atoms with Crippen molar-refractivity contribution in [2.75, 3.05) is 6.54 Å². The maximum Gasteiger partial charge on any atom is 0.140 e. The summed E-state index contributed by atoms with van der Waals surface area (Å²) in [6, 6.07) is 40.6. The summed E-state index contributed by atoms with van der Waals surface area (Å²) in [4.78, 5) is 8.08. The molecule has 1 saturated carbocycles. The molecular formula is C41H47N3O. The molecular weight excluding hydrogens is 550 g/mol. The van der Waals surface area contributed by atoms with Gasteiger partial charge in [-0.05, 0) is 48.4 Å². The van der Waals surface area contributed by atoms with Crippen LogP contribution in [0.1, 0.15) is 68.7 Å². The Bertz CT molecular complexity index is 1570. The quantitative estimate of drug-likeness (QED) is 0.128. The van der Waals surface area contributed by atoms with E-state index in [2.05, 4.69) is 126 Å². The van der Waals surface area contributed by atoms with E-state index in [0.29, 0.717) is 6.61 Å². The molecule has 4 aromatic carbocycles. The van der Waals surface area contributed by atoms with Crippen LogP contribution in [-0.4, -0.2) is 21.0 Å². The van der Waals surface area contributed by atoms with Crippen molar-refractivity contribution in [2.24, 2.45) is 5.92 Å². The van der Waals surface area contributed by atoms with Gasteiger partial charge in [-0.15, -0.1) is 0 Å². The van der Waals surface area contributed by atoms with Gasteiger partial charge in [-0.1, -0.05) is 136 Å². The fourth-order valence-corrected chi connectivity index (χ4v) is 6.66. The first-order chi connectivity index (χ1) is 22.3. The van der Waals surface area contributed by atoms with Gasteiger partial charge in [0.25, 0.3) is 0 Å². The van der Waals surface area contributed by atoms with E-state index in [9.17, 15) is 0 Å². The smallest absolute Gasteiger partial charge is 0.140 e. The summed E-state index contributed by atoms with van der Waals surface area (Å²) in [5.74, 6) is 2.74. The molecule has 1 aromatic heterocycles. The minimum absolute atomic E-state index is 0.585. The zero-order valence-electron chi connectivity index (χ0n) is 26.8. The summed E-state index contributed by atoms with van der Waals surface area (Å²) in [5.41, 5.74) is 7.32. The van der Waals surface area contributed by atoms with Gasteiger partial charge in [-0.2, -0.15) is 0 Å². The van der Waals surface area contributed by atoms with Crippen LogP contribution < -0.4 is 4.74 Å². The van der Waals surface area contributed by atoms with E-state index < -0.39 is 0 Å². The molecule has 0 atom stereocenters. The first-order valence-electron chi connectivity index (χ1n) is 16.9. The van der Waals surface area contributed by atoms with Gasteiger partial charge in [0.2, 0.25) is 0 Å². The van der Waals surface area contributed by atoms with Crippen molar-refractivity contribution in [3.63, 3.8) is 0 Å². The molecule has 4 nitrogen and oxygen atoms in total. The summed E-state index contributed by atoms with van der Waals surface area (Å²) in [5, 5.41) is 0. The lowest BCUT2D eigenvalue weighted by atomic mass is 9.89. The summed E-state index contributed by atoms with van der Waals surface area (Å²) in [6.07, 6.45) is 9.03. The summed E-state index contributed by atoms with van der Waals surface area (Å²) >= 11 is 0. The first kappa shape index (κ1) is 30.9. The van der Waals surface area contributed by atoms with Crippen LogP contribution in [0.5, 0.6) is 5.75 Å². The molecule has 0 bridgehead atoms. The molecule has 1 heterocycles. The second-order valence-electron chi connectivity index (χ2n) is 12.6. The second kappa shape index (κ2) is 15.7. The predicted molar refractivity (Wildman–Crippen MR) is 186 cm³/mol. The van der Waals surface area contributed by atoms with Crippen LogP contribution in [0.2, 0.25) is 0 Å². The number of imidazole rings is 1. The maximum absolute atomic E-state index is 6.11. The molecule has 0 amide bonds. The van der Waals surface area contributed by atoms with Crippen LogP contribution in [0, 0.1) is 5.92 Å². The number of aromatic nitrogens is 2. The maximum atomic E-state index is 6.11. The highest BCUT2D eigenvalue weighted by molar-refractivity contribution is 5.68. The van der Waals surface area contributed by atoms with Crippen LogP contribution in [-0.2, 0) is 26.2 Å². The zero-order valence-corrected chi connectivity index (χ0v) is 26.8. The van der Waals surface area contributed by atoms with E-state index in [4.69, 9.17) is 9.72 Å². The molecule has 1 aliphatic carbocycles. The Labute approximate surface area is 269 Å². The average Bonchev–Trinajstić information content (AvgIpc) is 3.46. The molecule has 5 aromatic rings. The third kappa shape index (κ3) is 8.32. The van der Waals surface area contributed by atoms with E-state index in [-0.39, 0.29) is 0 Å². The molecule has 4 heteroatoms. The lowest BCUT2D eigenvalue weighted by Gasteiger charge is -2.30. The Hall–Kier alpha value is -4.15. The Kier molecular flexibility index (Phi) is 10.8. The number of rotatable bonds is 14. The molecule has 0 spiro atoms. The van der Waals surface area contributed by atoms with Gasteiger partial charge >= 0.3 is 0 Å². The fraction of sp³-hybridized carbons (Fsp3) is 0.341. The van der Waals surface area contributed by atoms with Crippen molar-refractivity contribution in [3.8, 4) is 28.4 Å². The van der Waals surface area contributed by atoms with Crippen molar-refractivity contribution >= 4 is 0 Å². The molecule has 0 unspecified atom stereocenters. The SMILES string of the molecule is CCCCn1c(-c2ccccc2)nc(-c2ccccc2)c1CN(Cc1ccc(OCc2ccccc2)cc1)CC1CCCCC1. The van der Waals surface area contributed by atoms with Crippen molar-refractivity contribution in [3.05, 3.63) is 132 Å². The highest BCUT2D eigenvalue weighted by Crippen LogP contribution is 2.33. The number of hydrogen-bond acceptors (Lipinski definition) is 3. The summed E-state index contributed by atoms with van der Waals surface area (Å²) in [7, 11) is 0. The highest BCUT2D eigenvalue weighted by Gasteiger charge is 2.24. The third-order valence-corrected chi connectivity index (χ3v) is 9.08. The van der Waals surface area contributed by atoms with Crippen molar-refractivity contribution in [1.29, 1.82) is 0 Å². The van der Waals surface area contributed by atoms with Crippen LogP contribution in [0.25, 0.3) is 22.6 Å². The first-order valence-corrected chi connectivity index (χ1v) is 16.9. The molecule has 0 N–H and O–H groups in total. The number of unbranched alkanes of at least 4 members (excludes halogenated alkanes) is 1. The van der Waals surface area contributed by atoms with Gasteiger partial charge in [0.05, 0.1) is 11.4 Å². The van der Waals surface area contributed by atoms with Gasteiger partial charge in [-0.3, -0.25) is 4.90 Å². The average molecular weight is 598 g/mol. The molecule has 232 valence electrons. The van der Waals surface area contributed by atoms with E-state index in [0.717, 1.165) is 62.2 Å². The van der Waals surface area contributed by atoms with Gasteiger partial charge in [-0.25, -0.2) is 4.98 Å².